The molecule has 134 valence electrons. The molecule has 0 aliphatic carbocycles. The van der Waals surface area contributed by atoms with Crippen molar-refractivity contribution >= 4 is 24.2 Å². The van der Waals surface area contributed by atoms with Crippen molar-refractivity contribution in [2.45, 2.75) is 45.7 Å². The van der Waals surface area contributed by atoms with Crippen molar-refractivity contribution in [1.29, 1.82) is 0 Å². The van der Waals surface area contributed by atoms with E-state index in [1.807, 2.05) is 31.2 Å². The number of rotatable bonds is 5. The zero-order chi connectivity index (χ0) is 16.8. The molecule has 1 heterocycles. The third-order valence-corrected chi connectivity index (χ3v) is 4.38. The summed E-state index contributed by atoms with van der Waals surface area (Å²) in [7, 11) is 0. The molecule has 0 bridgehead atoms. The first kappa shape index (κ1) is 20.5. The fourth-order valence-corrected chi connectivity index (χ4v) is 2.98. The minimum absolute atomic E-state index is 0. The number of halogens is 1. The van der Waals surface area contributed by atoms with Crippen molar-refractivity contribution in [3.63, 3.8) is 0 Å². The molecule has 0 radical (unpaired) electrons. The van der Waals surface area contributed by atoms with E-state index in [1.54, 1.807) is 0 Å². The third kappa shape index (κ3) is 6.13. The van der Waals surface area contributed by atoms with E-state index in [4.69, 9.17) is 0 Å². The second kappa shape index (κ2) is 9.64. The van der Waals surface area contributed by atoms with Gasteiger partial charge in [0.25, 0.3) is 0 Å². The molecule has 1 fully saturated rings. The quantitative estimate of drug-likeness (QED) is 0.759. The molecule has 1 saturated heterocycles. The Bertz CT molecular complexity index is 548. The molecule has 0 spiro atoms. The van der Waals surface area contributed by atoms with Crippen LogP contribution in [0.3, 0.4) is 0 Å². The highest BCUT2D eigenvalue weighted by Crippen LogP contribution is 2.18. The van der Waals surface area contributed by atoms with E-state index in [1.165, 1.54) is 6.92 Å². The number of carbonyl (C=O) groups is 2. The predicted molar refractivity (Wildman–Crippen MR) is 98.2 cm³/mol. The Labute approximate surface area is 150 Å². The summed E-state index contributed by atoms with van der Waals surface area (Å²) in [6.45, 7) is 7.50. The van der Waals surface area contributed by atoms with Gasteiger partial charge in [0.15, 0.2) is 0 Å². The largest absolute Gasteiger partial charge is 0.353 e. The molecule has 3 N–H and O–H groups in total. The van der Waals surface area contributed by atoms with Gasteiger partial charge in [-0.15, -0.1) is 12.4 Å². The van der Waals surface area contributed by atoms with Crippen molar-refractivity contribution in [2.75, 3.05) is 13.1 Å². The van der Waals surface area contributed by atoms with E-state index in [0.29, 0.717) is 5.92 Å². The summed E-state index contributed by atoms with van der Waals surface area (Å²) in [5.41, 5.74) is 2.11. The number of aryl methyl sites for hydroxylation is 1. The van der Waals surface area contributed by atoms with E-state index in [0.717, 1.165) is 30.6 Å². The molecule has 3 unspecified atom stereocenters. The third-order valence-electron chi connectivity index (χ3n) is 4.38. The lowest BCUT2D eigenvalue weighted by molar-refractivity contribution is -0.123. The Balaban J connectivity index is 0.00000288. The molecule has 0 saturated carbocycles. The molecule has 6 heteroatoms. The number of piperidine rings is 1. The van der Waals surface area contributed by atoms with Crippen LogP contribution in [-0.2, 0) is 9.59 Å². The van der Waals surface area contributed by atoms with Crippen LogP contribution in [0.25, 0.3) is 0 Å². The van der Waals surface area contributed by atoms with Crippen molar-refractivity contribution in [3.05, 3.63) is 35.4 Å². The SMILES string of the molecule is CC(=O)NC(CC(=O)NC1CCNCC1C)c1ccc(C)cc1.Cl. The summed E-state index contributed by atoms with van der Waals surface area (Å²) in [4.78, 5) is 23.9. The van der Waals surface area contributed by atoms with E-state index in [-0.39, 0.29) is 42.7 Å². The van der Waals surface area contributed by atoms with Gasteiger partial charge < -0.3 is 16.0 Å². The molecule has 3 atom stereocenters. The van der Waals surface area contributed by atoms with Gasteiger partial charge in [0, 0.05) is 13.0 Å². The molecular weight excluding hydrogens is 326 g/mol. The summed E-state index contributed by atoms with van der Waals surface area (Å²) in [5, 5.41) is 9.33. The second-order valence-electron chi connectivity index (χ2n) is 6.51. The van der Waals surface area contributed by atoms with Gasteiger partial charge in [-0.2, -0.15) is 0 Å². The minimum Gasteiger partial charge on any atom is -0.353 e. The van der Waals surface area contributed by atoms with Crippen molar-refractivity contribution < 1.29 is 9.59 Å². The summed E-state index contributed by atoms with van der Waals surface area (Å²) in [6, 6.07) is 7.85. The second-order valence-corrected chi connectivity index (χ2v) is 6.51. The number of amides is 2. The van der Waals surface area contributed by atoms with Gasteiger partial charge in [-0.25, -0.2) is 0 Å². The Kier molecular flexibility index (Phi) is 8.22. The Morgan fingerprint density at radius 1 is 1.29 bits per heavy atom. The van der Waals surface area contributed by atoms with Gasteiger partial charge >= 0.3 is 0 Å². The first-order valence-corrected chi connectivity index (χ1v) is 8.29. The smallest absolute Gasteiger partial charge is 0.222 e. The Hall–Kier alpha value is -1.59. The van der Waals surface area contributed by atoms with Crippen LogP contribution in [0.4, 0.5) is 0 Å². The molecule has 5 nitrogen and oxygen atoms in total. The maximum atomic E-state index is 12.4. The highest BCUT2D eigenvalue weighted by molar-refractivity contribution is 5.85. The number of carbonyl (C=O) groups excluding carboxylic acids is 2. The maximum Gasteiger partial charge on any atom is 0.222 e. The highest BCUT2D eigenvalue weighted by atomic mass is 35.5. The average molecular weight is 354 g/mol. The summed E-state index contributed by atoms with van der Waals surface area (Å²) < 4.78 is 0. The van der Waals surface area contributed by atoms with Gasteiger partial charge in [-0.1, -0.05) is 36.8 Å². The minimum atomic E-state index is -0.287. The molecule has 2 amide bonds. The van der Waals surface area contributed by atoms with Gasteiger partial charge in [0.2, 0.25) is 11.8 Å². The van der Waals surface area contributed by atoms with E-state index >= 15 is 0 Å². The zero-order valence-corrected chi connectivity index (χ0v) is 15.4. The molecule has 1 aromatic rings. The van der Waals surface area contributed by atoms with E-state index in [9.17, 15) is 9.59 Å². The fourth-order valence-electron chi connectivity index (χ4n) is 2.98. The first-order chi connectivity index (χ1) is 11.0. The van der Waals surface area contributed by atoms with E-state index < -0.39 is 0 Å². The summed E-state index contributed by atoms with van der Waals surface area (Å²) in [5.74, 6) is 0.285. The average Bonchev–Trinajstić information content (AvgIpc) is 2.49. The molecule has 2 rings (SSSR count). The van der Waals surface area contributed by atoms with Crippen molar-refractivity contribution in [3.8, 4) is 0 Å². The monoisotopic (exact) mass is 353 g/mol. The lowest BCUT2D eigenvalue weighted by Crippen LogP contribution is -2.49. The van der Waals surface area contributed by atoms with Gasteiger partial charge in [-0.3, -0.25) is 9.59 Å². The zero-order valence-electron chi connectivity index (χ0n) is 14.6. The Morgan fingerprint density at radius 2 is 1.96 bits per heavy atom. The lowest BCUT2D eigenvalue weighted by atomic mass is 9.94. The van der Waals surface area contributed by atoms with Crippen LogP contribution < -0.4 is 16.0 Å². The summed E-state index contributed by atoms with van der Waals surface area (Å²) >= 11 is 0. The molecule has 1 aromatic carbocycles. The predicted octanol–water partition coefficient (Wildman–Crippen LogP) is 2.10. The van der Waals surface area contributed by atoms with Crippen molar-refractivity contribution in [1.82, 2.24) is 16.0 Å². The topological polar surface area (TPSA) is 70.2 Å². The van der Waals surface area contributed by atoms with Crippen LogP contribution in [0, 0.1) is 12.8 Å². The van der Waals surface area contributed by atoms with Crippen LogP contribution in [0.5, 0.6) is 0 Å². The fraction of sp³-hybridized carbons (Fsp3) is 0.556. The van der Waals surface area contributed by atoms with Crippen LogP contribution in [0.15, 0.2) is 24.3 Å². The Morgan fingerprint density at radius 3 is 2.54 bits per heavy atom. The number of hydrogen-bond acceptors (Lipinski definition) is 3. The molecule has 1 aliphatic heterocycles. The summed E-state index contributed by atoms with van der Waals surface area (Å²) in [6.07, 6.45) is 1.21. The number of hydrogen-bond donors (Lipinski definition) is 3. The molecular formula is C18H28ClN3O2. The number of nitrogens with one attached hydrogen (secondary N) is 3. The van der Waals surface area contributed by atoms with E-state index in [2.05, 4.69) is 22.9 Å². The molecule has 24 heavy (non-hydrogen) atoms. The van der Waals surface area contributed by atoms with Crippen LogP contribution in [0.2, 0.25) is 0 Å². The van der Waals surface area contributed by atoms with Crippen LogP contribution >= 0.6 is 12.4 Å². The van der Waals surface area contributed by atoms with Crippen LogP contribution in [0.1, 0.15) is 43.9 Å². The van der Waals surface area contributed by atoms with Gasteiger partial charge in [0.1, 0.15) is 0 Å². The van der Waals surface area contributed by atoms with Crippen LogP contribution in [-0.4, -0.2) is 30.9 Å². The standard InChI is InChI=1S/C18H27N3O2.ClH/c1-12-4-6-15(7-5-12)17(20-14(3)22)10-18(23)21-16-8-9-19-11-13(16)2;/h4-7,13,16-17,19H,8-11H2,1-3H3,(H,20,22)(H,21,23);1H. The lowest BCUT2D eigenvalue weighted by Gasteiger charge is -2.30. The number of benzene rings is 1. The first-order valence-electron chi connectivity index (χ1n) is 8.29. The molecule has 1 aliphatic rings. The van der Waals surface area contributed by atoms with Gasteiger partial charge in [0.05, 0.1) is 12.5 Å². The maximum absolute atomic E-state index is 12.4. The highest BCUT2D eigenvalue weighted by Gasteiger charge is 2.24. The molecule has 0 aromatic heterocycles. The van der Waals surface area contributed by atoms with Crippen molar-refractivity contribution in [2.24, 2.45) is 5.92 Å². The normalized spacial score (nSPS) is 21.3. The van der Waals surface area contributed by atoms with Gasteiger partial charge in [-0.05, 0) is 37.9 Å².